The van der Waals surface area contributed by atoms with Gasteiger partial charge in [-0.2, -0.15) is 5.10 Å². The van der Waals surface area contributed by atoms with Gasteiger partial charge in [0.25, 0.3) is 0 Å². The number of aliphatic hydroxyl groups excluding tert-OH is 1. The molecule has 0 amide bonds. The third-order valence-corrected chi connectivity index (χ3v) is 2.47. The Kier molecular flexibility index (Phi) is 4.00. The molecule has 1 N–H and O–H groups in total. The number of ether oxygens (including phenoxy) is 1. The van der Waals surface area contributed by atoms with Crippen LogP contribution in [0.25, 0.3) is 0 Å². The Morgan fingerprint density at radius 2 is 2.33 bits per heavy atom. The Morgan fingerprint density at radius 3 is 3.00 bits per heavy atom. The number of rotatable bonds is 3. The lowest BCUT2D eigenvalue weighted by Crippen LogP contribution is -2.00. The maximum Gasteiger partial charge on any atom is 0.134 e. The van der Waals surface area contributed by atoms with Gasteiger partial charge in [-0.1, -0.05) is 17.9 Å². The fraction of sp³-hybridized carbons (Fsp3) is 0.214. The summed E-state index contributed by atoms with van der Waals surface area (Å²) in [6.07, 6.45) is 3.65. The maximum absolute atomic E-state index is 8.74. The molecule has 0 bridgehead atoms. The summed E-state index contributed by atoms with van der Waals surface area (Å²) in [5, 5.41) is 12.9. The van der Waals surface area contributed by atoms with Crippen LogP contribution in [0.4, 0.5) is 0 Å². The Labute approximate surface area is 106 Å². The van der Waals surface area contributed by atoms with Crippen LogP contribution in [0.2, 0.25) is 0 Å². The SMILES string of the molecule is COc1ccc(Cn2cccn2)cc1C#CCO. The summed E-state index contributed by atoms with van der Waals surface area (Å²) in [4.78, 5) is 0. The first-order valence-electron chi connectivity index (χ1n) is 5.57. The molecule has 0 saturated heterocycles. The first-order chi connectivity index (χ1) is 8.83. The smallest absolute Gasteiger partial charge is 0.134 e. The van der Waals surface area contributed by atoms with E-state index in [0.717, 1.165) is 11.1 Å². The van der Waals surface area contributed by atoms with Crippen LogP contribution in [0.1, 0.15) is 11.1 Å². The van der Waals surface area contributed by atoms with Gasteiger partial charge in [0.2, 0.25) is 0 Å². The van der Waals surface area contributed by atoms with Crippen molar-refractivity contribution >= 4 is 0 Å². The molecule has 0 radical (unpaired) electrons. The predicted octanol–water partition coefficient (Wildman–Crippen LogP) is 1.28. The summed E-state index contributed by atoms with van der Waals surface area (Å²) in [5.74, 6) is 6.22. The predicted molar refractivity (Wildman–Crippen MR) is 68.3 cm³/mol. The van der Waals surface area contributed by atoms with Crippen molar-refractivity contribution in [3.63, 3.8) is 0 Å². The van der Waals surface area contributed by atoms with Crippen LogP contribution >= 0.6 is 0 Å². The minimum atomic E-state index is -0.160. The fourth-order valence-corrected chi connectivity index (χ4v) is 1.67. The van der Waals surface area contributed by atoms with Crippen molar-refractivity contribution in [1.29, 1.82) is 0 Å². The molecule has 0 aliphatic heterocycles. The standard InChI is InChI=1S/C14H14N2O2/c1-18-14-6-5-12(10-13(14)4-2-9-17)11-16-8-3-7-15-16/h3,5-8,10,17H,9,11H2,1H3. The average molecular weight is 242 g/mol. The zero-order valence-corrected chi connectivity index (χ0v) is 10.1. The third-order valence-electron chi connectivity index (χ3n) is 2.47. The Balaban J connectivity index is 2.27. The molecule has 18 heavy (non-hydrogen) atoms. The lowest BCUT2D eigenvalue weighted by Gasteiger charge is -2.07. The van der Waals surface area contributed by atoms with Gasteiger partial charge < -0.3 is 9.84 Å². The summed E-state index contributed by atoms with van der Waals surface area (Å²) in [6, 6.07) is 7.68. The van der Waals surface area contributed by atoms with Gasteiger partial charge in [0.1, 0.15) is 12.4 Å². The van der Waals surface area contributed by atoms with Gasteiger partial charge in [0.15, 0.2) is 0 Å². The van der Waals surface area contributed by atoms with E-state index in [-0.39, 0.29) is 6.61 Å². The van der Waals surface area contributed by atoms with E-state index in [2.05, 4.69) is 16.9 Å². The van der Waals surface area contributed by atoms with Crippen molar-refractivity contribution in [2.24, 2.45) is 0 Å². The summed E-state index contributed by atoms with van der Waals surface area (Å²) in [5.41, 5.74) is 1.86. The number of nitrogens with zero attached hydrogens (tertiary/aromatic N) is 2. The van der Waals surface area contributed by atoms with Crippen molar-refractivity contribution < 1.29 is 9.84 Å². The van der Waals surface area contributed by atoms with Crippen molar-refractivity contribution in [1.82, 2.24) is 9.78 Å². The van der Waals surface area contributed by atoms with Crippen LogP contribution in [-0.4, -0.2) is 28.6 Å². The van der Waals surface area contributed by atoms with Crippen LogP contribution in [0.3, 0.4) is 0 Å². The molecule has 1 heterocycles. The lowest BCUT2D eigenvalue weighted by molar-refractivity contribution is 0.350. The molecule has 1 aromatic carbocycles. The Bertz CT molecular complexity index is 565. The highest BCUT2D eigenvalue weighted by atomic mass is 16.5. The second kappa shape index (κ2) is 5.89. The van der Waals surface area contributed by atoms with Gasteiger partial charge in [0, 0.05) is 12.4 Å². The van der Waals surface area contributed by atoms with Gasteiger partial charge in [0.05, 0.1) is 19.2 Å². The van der Waals surface area contributed by atoms with Gasteiger partial charge in [-0.05, 0) is 23.8 Å². The first-order valence-corrected chi connectivity index (χ1v) is 5.57. The number of aromatic nitrogens is 2. The van der Waals surface area contributed by atoms with Gasteiger partial charge in [-0.15, -0.1) is 0 Å². The molecule has 0 saturated carbocycles. The second-order valence-corrected chi connectivity index (χ2v) is 3.70. The maximum atomic E-state index is 8.74. The Hall–Kier alpha value is -2.25. The normalized spacial score (nSPS) is 9.67. The van der Waals surface area contributed by atoms with Crippen molar-refractivity contribution in [2.75, 3.05) is 13.7 Å². The van der Waals surface area contributed by atoms with E-state index >= 15 is 0 Å². The molecule has 0 aliphatic carbocycles. The van der Waals surface area contributed by atoms with Gasteiger partial charge in [-0.25, -0.2) is 0 Å². The van der Waals surface area contributed by atoms with Gasteiger partial charge >= 0.3 is 0 Å². The highest BCUT2D eigenvalue weighted by Crippen LogP contribution is 2.19. The third kappa shape index (κ3) is 2.90. The molecule has 0 fully saturated rings. The molecule has 0 unspecified atom stereocenters. The summed E-state index contributed by atoms with van der Waals surface area (Å²) in [6.45, 7) is 0.525. The molecular weight excluding hydrogens is 228 g/mol. The minimum Gasteiger partial charge on any atom is -0.495 e. The summed E-state index contributed by atoms with van der Waals surface area (Å²) >= 11 is 0. The average Bonchev–Trinajstić information content (AvgIpc) is 2.89. The molecule has 4 heteroatoms. The molecule has 4 nitrogen and oxygen atoms in total. The van der Waals surface area contributed by atoms with Crippen LogP contribution in [0.5, 0.6) is 5.75 Å². The second-order valence-electron chi connectivity index (χ2n) is 3.70. The van der Waals surface area contributed by atoms with E-state index in [1.54, 1.807) is 13.3 Å². The van der Waals surface area contributed by atoms with Crippen molar-refractivity contribution in [3.8, 4) is 17.6 Å². The van der Waals surface area contributed by atoms with E-state index in [4.69, 9.17) is 9.84 Å². The van der Waals surface area contributed by atoms with Crippen molar-refractivity contribution in [3.05, 3.63) is 47.8 Å². The number of benzene rings is 1. The zero-order valence-electron chi connectivity index (χ0n) is 10.1. The highest BCUT2D eigenvalue weighted by molar-refractivity contribution is 5.48. The number of aliphatic hydroxyl groups is 1. The topological polar surface area (TPSA) is 47.3 Å². The summed E-state index contributed by atoms with van der Waals surface area (Å²) in [7, 11) is 1.60. The highest BCUT2D eigenvalue weighted by Gasteiger charge is 2.03. The first kappa shape index (κ1) is 12.2. The minimum absolute atomic E-state index is 0.160. The van der Waals surface area contributed by atoms with E-state index in [9.17, 15) is 0 Å². The van der Waals surface area contributed by atoms with Gasteiger partial charge in [-0.3, -0.25) is 4.68 Å². The van der Waals surface area contributed by atoms with Crippen LogP contribution < -0.4 is 4.74 Å². The molecule has 0 atom stereocenters. The fourth-order valence-electron chi connectivity index (χ4n) is 1.67. The quantitative estimate of drug-likeness (QED) is 0.825. The molecule has 2 rings (SSSR count). The Morgan fingerprint density at radius 1 is 1.44 bits per heavy atom. The largest absolute Gasteiger partial charge is 0.495 e. The monoisotopic (exact) mass is 242 g/mol. The van der Waals surface area contributed by atoms with Crippen LogP contribution in [0.15, 0.2) is 36.7 Å². The van der Waals surface area contributed by atoms with E-state index in [1.807, 2.05) is 35.1 Å². The molecule has 92 valence electrons. The molecule has 0 spiro atoms. The zero-order chi connectivity index (χ0) is 12.8. The lowest BCUT2D eigenvalue weighted by atomic mass is 10.1. The van der Waals surface area contributed by atoms with E-state index in [0.29, 0.717) is 12.3 Å². The number of hydrogen-bond acceptors (Lipinski definition) is 3. The molecular formula is C14H14N2O2. The molecule has 0 aliphatic rings. The molecule has 2 aromatic rings. The van der Waals surface area contributed by atoms with E-state index in [1.165, 1.54) is 0 Å². The number of methoxy groups -OCH3 is 1. The van der Waals surface area contributed by atoms with Crippen LogP contribution in [0, 0.1) is 11.8 Å². The van der Waals surface area contributed by atoms with Crippen molar-refractivity contribution in [2.45, 2.75) is 6.54 Å². The molecule has 1 aromatic heterocycles. The summed E-state index contributed by atoms with van der Waals surface area (Å²) < 4.78 is 7.06. The van der Waals surface area contributed by atoms with E-state index < -0.39 is 0 Å². The number of hydrogen-bond donors (Lipinski definition) is 1. The van der Waals surface area contributed by atoms with Crippen LogP contribution in [-0.2, 0) is 6.54 Å².